The lowest BCUT2D eigenvalue weighted by Gasteiger charge is -2.32. The van der Waals surface area contributed by atoms with Crippen LogP contribution in [-0.2, 0) is 4.74 Å². The van der Waals surface area contributed by atoms with Crippen LogP contribution in [0.15, 0.2) is 42.5 Å². The molecule has 1 unspecified atom stereocenters. The summed E-state index contributed by atoms with van der Waals surface area (Å²) < 4.78 is 17.6. The smallest absolute Gasteiger partial charge is 0.162 e. The molecule has 0 bridgehead atoms. The molecule has 0 aliphatic carbocycles. The van der Waals surface area contributed by atoms with Crippen LogP contribution >= 0.6 is 23.2 Å². The molecule has 24 heavy (non-hydrogen) atoms. The maximum absolute atomic E-state index is 6.27. The summed E-state index contributed by atoms with van der Waals surface area (Å²) >= 11 is 12.0. The van der Waals surface area contributed by atoms with E-state index in [0.717, 1.165) is 12.1 Å². The maximum atomic E-state index is 6.27. The minimum Gasteiger partial charge on any atom is -0.493 e. The molecule has 0 spiro atoms. The van der Waals surface area contributed by atoms with Crippen LogP contribution in [0.1, 0.15) is 11.7 Å². The highest BCUT2D eigenvalue weighted by atomic mass is 35.5. The van der Waals surface area contributed by atoms with Gasteiger partial charge in [0.05, 0.1) is 13.7 Å². The molecule has 0 aromatic heterocycles. The fourth-order valence-electron chi connectivity index (χ4n) is 2.67. The highest BCUT2D eigenvalue weighted by molar-refractivity contribution is 6.31. The summed E-state index contributed by atoms with van der Waals surface area (Å²) in [4.78, 5) is 0. The van der Waals surface area contributed by atoms with E-state index < -0.39 is 0 Å². The summed E-state index contributed by atoms with van der Waals surface area (Å²) in [6, 6.07) is 12.9. The molecule has 1 aliphatic heterocycles. The fourth-order valence-corrected chi connectivity index (χ4v) is 2.95. The predicted molar refractivity (Wildman–Crippen MR) is 95.4 cm³/mol. The molecule has 1 aliphatic rings. The molecular formula is C18H19Cl2NO3. The molecule has 1 fully saturated rings. The molecule has 1 heterocycles. The highest BCUT2D eigenvalue weighted by Gasteiger charge is 2.28. The van der Waals surface area contributed by atoms with Crippen molar-refractivity contribution in [1.82, 2.24) is 5.32 Å². The van der Waals surface area contributed by atoms with Crippen LogP contribution in [0, 0.1) is 0 Å². The lowest BCUT2D eigenvalue weighted by molar-refractivity contribution is -0.0438. The second-order valence-corrected chi connectivity index (χ2v) is 6.37. The first-order valence-corrected chi connectivity index (χ1v) is 8.51. The van der Waals surface area contributed by atoms with E-state index in [2.05, 4.69) is 5.32 Å². The fraction of sp³-hybridized carbons (Fsp3) is 0.333. The largest absolute Gasteiger partial charge is 0.493 e. The molecule has 1 saturated heterocycles. The first-order chi connectivity index (χ1) is 11.7. The molecule has 2 aromatic carbocycles. The number of ether oxygens (including phenoxy) is 3. The molecular weight excluding hydrogens is 349 g/mol. The summed E-state index contributed by atoms with van der Waals surface area (Å²) in [6.45, 7) is 2.20. The molecule has 6 heteroatoms. The van der Waals surface area contributed by atoms with Gasteiger partial charge in [-0.15, -0.1) is 0 Å². The summed E-state index contributed by atoms with van der Waals surface area (Å²) in [5, 5.41) is 4.62. The summed E-state index contributed by atoms with van der Waals surface area (Å²) in [5.41, 5.74) is 0.991. The lowest BCUT2D eigenvalue weighted by atomic mass is 10.0. The van der Waals surface area contributed by atoms with Crippen molar-refractivity contribution in [3.05, 3.63) is 58.1 Å². The van der Waals surface area contributed by atoms with Crippen LogP contribution in [0.5, 0.6) is 11.5 Å². The van der Waals surface area contributed by atoms with Crippen molar-refractivity contribution in [3.63, 3.8) is 0 Å². The third-order valence-electron chi connectivity index (χ3n) is 3.87. The Balaban J connectivity index is 1.91. The van der Waals surface area contributed by atoms with E-state index in [-0.39, 0.29) is 12.2 Å². The normalized spacial score (nSPS) is 18.9. The Morgan fingerprint density at radius 2 is 1.83 bits per heavy atom. The van der Waals surface area contributed by atoms with E-state index in [1.54, 1.807) is 25.3 Å². The number of methoxy groups -OCH3 is 1. The summed E-state index contributed by atoms with van der Waals surface area (Å²) in [7, 11) is 1.59. The number of benzene rings is 2. The Kier molecular flexibility index (Phi) is 5.85. The van der Waals surface area contributed by atoms with E-state index in [4.69, 9.17) is 37.4 Å². The third-order valence-corrected chi connectivity index (χ3v) is 4.36. The molecule has 3 rings (SSSR count). The molecule has 128 valence electrons. The Morgan fingerprint density at radius 1 is 1.08 bits per heavy atom. The van der Waals surface area contributed by atoms with Gasteiger partial charge in [0.1, 0.15) is 6.10 Å². The van der Waals surface area contributed by atoms with Gasteiger partial charge in [-0.2, -0.15) is 0 Å². The van der Waals surface area contributed by atoms with Gasteiger partial charge in [0.2, 0.25) is 0 Å². The van der Waals surface area contributed by atoms with E-state index in [0.29, 0.717) is 34.7 Å². The maximum Gasteiger partial charge on any atom is 0.162 e. The standard InChI is InChI=1S/C18H19Cl2NO3/c1-22-16-10-14(20)6-7-15(16)24-18(17-11-21-8-9-23-17)12-2-4-13(19)5-3-12/h2-7,10,17-18,21H,8-9,11H2,1H3/t17-,18?/m0/s1. The second-order valence-electron chi connectivity index (χ2n) is 5.50. The average Bonchev–Trinajstić information content (AvgIpc) is 2.62. The van der Waals surface area contributed by atoms with Crippen molar-refractivity contribution in [1.29, 1.82) is 0 Å². The highest BCUT2D eigenvalue weighted by Crippen LogP contribution is 2.35. The van der Waals surface area contributed by atoms with Crippen LogP contribution in [0.25, 0.3) is 0 Å². The topological polar surface area (TPSA) is 39.7 Å². The minimum atomic E-state index is -0.287. The van der Waals surface area contributed by atoms with E-state index >= 15 is 0 Å². The second kappa shape index (κ2) is 8.08. The van der Waals surface area contributed by atoms with Crippen molar-refractivity contribution in [3.8, 4) is 11.5 Å². The van der Waals surface area contributed by atoms with Crippen molar-refractivity contribution in [2.45, 2.75) is 12.2 Å². The van der Waals surface area contributed by atoms with Crippen molar-refractivity contribution in [2.75, 3.05) is 26.8 Å². The number of halogens is 2. The van der Waals surface area contributed by atoms with E-state index in [9.17, 15) is 0 Å². The van der Waals surface area contributed by atoms with Gasteiger partial charge in [-0.25, -0.2) is 0 Å². The van der Waals surface area contributed by atoms with Crippen molar-refractivity contribution >= 4 is 23.2 Å². The van der Waals surface area contributed by atoms with Gasteiger partial charge >= 0.3 is 0 Å². The first kappa shape index (κ1) is 17.4. The number of hydrogen-bond donors (Lipinski definition) is 1. The Labute approximate surface area is 151 Å². The van der Waals surface area contributed by atoms with Gasteiger partial charge in [0.25, 0.3) is 0 Å². The molecule has 0 radical (unpaired) electrons. The number of rotatable bonds is 5. The number of hydrogen-bond acceptors (Lipinski definition) is 4. The SMILES string of the molecule is COc1cc(Cl)ccc1OC(c1ccc(Cl)cc1)[C@@H]1CNCCO1. The molecule has 0 amide bonds. The Morgan fingerprint density at radius 3 is 2.50 bits per heavy atom. The van der Waals surface area contributed by atoms with Gasteiger partial charge in [-0.3, -0.25) is 0 Å². The Bertz CT molecular complexity index is 672. The van der Waals surface area contributed by atoms with Crippen LogP contribution in [0.2, 0.25) is 10.0 Å². The monoisotopic (exact) mass is 367 g/mol. The van der Waals surface area contributed by atoms with Gasteiger partial charge in [0, 0.05) is 29.2 Å². The molecule has 2 aromatic rings. The zero-order valence-electron chi connectivity index (χ0n) is 13.3. The number of nitrogens with one attached hydrogen (secondary N) is 1. The van der Waals surface area contributed by atoms with Gasteiger partial charge < -0.3 is 19.5 Å². The molecule has 2 atom stereocenters. The zero-order chi connectivity index (χ0) is 16.9. The molecule has 4 nitrogen and oxygen atoms in total. The zero-order valence-corrected chi connectivity index (χ0v) is 14.8. The predicted octanol–water partition coefficient (Wildman–Crippen LogP) is 4.11. The van der Waals surface area contributed by atoms with Crippen LogP contribution < -0.4 is 14.8 Å². The van der Waals surface area contributed by atoms with Gasteiger partial charge in [0.15, 0.2) is 17.6 Å². The van der Waals surface area contributed by atoms with Crippen LogP contribution in [-0.4, -0.2) is 32.9 Å². The first-order valence-electron chi connectivity index (χ1n) is 7.75. The van der Waals surface area contributed by atoms with Gasteiger partial charge in [-0.1, -0.05) is 35.3 Å². The minimum absolute atomic E-state index is 0.111. The Hall–Kier alpha value is -1.46. The van der Waals surface area contributed by atoms with E-state index in [1.807, 2.05) is 24.3 Å². The van der Waals surface area contributed by atoms with Crippen LogP contribution in [0.3, 0.4) is 0 Å². The lowest BCUT2D eigenvalue weighted by Crippen LogP contribution is -2.43. The van der Waals surface area contributed by atoms with Crippen molar-refractivity contribution < 1.29 is 14.2 Å². The summed E-state index contributed by atoms with van der Waals surface area (Å²) in [6.07, 6.45) is -0.398. The summed E-state index contributed by atoms with van der Waals surface area (Å²) in [5.74, 6) is 1.21. The van der Waals surface area contributed by atoms with E-state index in [1.165, 1.54) is 0 Å². The third kappa shape index (κ3) is 4.14. The molecule has 1 N–H and O–H groups in total. The van der Waals surface area contributed by atoms with Crippen molar-refractivity contribution in [2.24, 2.45) is 0 Å². The average molecular weight is 368 g/mol. The van der Waals surface area contributed by atoms with Gasteiger partial charge in [-0.05, 0) is 29.8 Å². The molecule has 0 saturated carbocycles. The quantitative estimate of drug-likeness (QED) is 0.862. The van der Waals surface area contributed by atoms with Crippen LogP contribution in [0.4, 0.5) is 0 Å². The number of morpholine rings is 1.